The molecule has 2 rings (SSSR count). The third-order valence-electron chi connectivity index (χ3n) is 3.79. The molecule has 4 nitrogen and oxygen atoms in total. The van der Waals surface area contributed by atoms with Gasteiger partial charge in [0.25, 0.3) is 5.91 Å². The van der Waals surface area contributed by atoms with Crippen molar-refractivity contribution < 1.29 is 4.79 Å². The number of rotatable bonds is 4. The van der Waals surface area contributed by atoms with Crippen LogP contribution in [0.1, 0.15) is 30.6 Å². The molecular weight excluding hydrogens is 297 g/mol. The quantitative estimate of drug-likeness (QED) is 0.801. The van der Waals surface area contributed by atoms with E-state index in [2.05, 4.69) is 23.7 Å². The minimum Gasteiger partial charge on any atom is -0.337 e. The Bertz CT molecular complexity index is 471. The first-order chi connectivity index (χ1) is 9.55. The number of hydrogen-bond donors (Lipinski definition) is 0. The number of likely N-dealkylation sites (N-methyl/N-ethyl adjacent to an activating group) is 1. The van der Waals surface area contributed by atoms with E-state index in [1.165, 1.54) is 0 Å². The topological polar surface area (TPSA) is 36.4 Å². The Kier molecular flexibility index (Phi) is 5.24. The van der Waals surface area contributed by atoms with Gasteiger partial charge in [-0.2, -0.15) is 0 Å². The molecule has 0 spiro atoms. The third kappa shape index (κ3) is 3.43. The van der Waals surface area contributed by atoms with Crippen LogP contribution in [0, 0.1) is 0 Å². The second-order valence-electron chi connectivity index (χ2n) is 4.92. The zero-order valence-electron chi connectivity index (χ0n) is 11.8. The van der Waals surface area contributed by atoms with Crippen molar-refractivity contribution in [2.75, 3.05) is 26.2 Å². The van der Waals surface area contributed by atoms with Crippen molar-refractivity contribution in [2.24, 2.45) is 0 Å². The number of hydrogen-bond acceptors (Lipinski definition) is 3. The number of amides is 1. The van der Waals surface area contributed by atoms with Crippen LogP contribution >= 0.6 is 23.2 Å². The van der Waals surface area contributed by atoms with Gasteiger partial charge < -0.3 is 4.90 Å². The number of carbonyl (C=O) groups excluding carboxylic acids is 1. The van der Waals surface area contributed by atoms with E-state index in [1.807, 2.05) is 4.90 Å². The maximum Gasteiger partial charge on any atom is 0.254 e. The first kappa shape index (κ1) is 15.5. The SMILES string of the molecule is CCN(CC)C1CCN(C(=O)c2cc(Cl)nc(Cl)c2)C1. The van der Waals surface area contributed by atoms with Crippen molar-refractivity contribution in [1.29, 1.82) is 0 Å². The number of aromatic nitrogens is 1. The molecule has 1 unspecified atom stereocenters. The summed E-state index contributed by atoms with van der Waals surface area (Å²) in [5, 5.41) is 0.501. The molecule has 110 valence electrons. The normalized spacial score (nSPS) is 18.9. The van der Waals surface area contributed by atoms with E-state index in [0.29, 0.717) is 11.6 Å². The highest BCUT2D eigenvalue weighted by atomic mass is 35.5. The lowest BCUT2D eigenvalue weighted by molar-refractivity contribution is 0.0778. The summed E-state index contributed by atoms with van der Waals surface area (Å²) in [6.45, 7) is 7.86. The molecule has 1 fully saturated rings. The molecule has 2 heterocycles. The molecule has 6 heteroatoms. The van der Waals surface area contributed by atoms with E-state index in [9.17, 15) is 4.79 Å². The second kappa shape index (κ2) is 6.74. The molecule has 0 aromatic carbocycles. The summed E-state index contributed by atoms with van der Waals surface area (Å²) in [4.78, 5) is 20.6. The van der Waals surface area contributed by atoms with Crippen LogP contribution in [0.15, 0.2) is 12.1 Å². The summed E-state index contributed by atoms with van der Waals surface area (Å²) in [5.74, 6) is -0.0224. The molecule has 1 saturated heterocycles. The highest BCUT2D eigenvalue weighted by Crippen LogP contribution is 2.21. The monoisotopic (exact) mass is 315 g/mol. The number of carbonyl (C=O) groups is 1. The van der Waals surface area contributed by atoms with Gasteiger partial charge in [-0.05, 0) is 31.6 Å². The van der Waals surface area contributed by atoms with Crippen LogP contribution in [0.3, 0.4) is 0 Å². The molecule has 1 aliphatic rings. The van der Waals surface area contributed by atoms with Crippen LogP contribution < -0.4 is 0 Å². The molecule has 20 heavy (non-hydrogen) atoms. The fourth-order valence-electron chi connectivity index (χ4n) is 2.74. The van der Waals surface area contributed by atoms with E-state index < -0.39 is 0 Å². The first-order valence-corrected chi connectivity index (χ1v) is 7.67. The summed E-state index contributed by atoms with van der Waals surface area (Å²) in [6.07, 6.45) is 1.01. The van der Waals surface area contributed by atoms with Gasteiger partial charge in [-0.15, -0.1) is 0 Å². The highest BCUT2D eigenvalue weighted by Gasteiger charge is 2.29. The van der Waals surface area contributed by atoms with Gasteiger partial charge in [0, 0.05) is 24.7 Å². The maximum atomic E-state index is 12.5. The van der Waals surface area contributed by atoms with Gasteiger partial charge in [0.05, 0.1) is 0 Å². The predicted molar refractivity (Wildman–Crippen MR) is 81.5 cm³/mol. The van der Waals surface area contributed by atoms with E-state index in [4.69, 9.17) is 23.2 Å². The highest BCUT2D eigenvalue weighted by molar-refractivity contribution is 6.33. The Morgan fingerprint density at radius 3 is 2.50 bits per heavy atom. The summed E-state index contributed by atoms with van der Waals surface area (Å²) < 4.78 is 0. The van der Waals surface area contributed by atoms with Gasteiger partial charge >= 0.3 is 0 Å². The van der Waals surface area contributed by atoms with Gasteiger partial charge in [-0.25, -0.2) is 4.98 Å². The summed E-state index contributed by atoms with van der Waals surface area (Å²) in [7, 11) is 0. The summed E-state index contributed by atoms with van der Waals surface area (Å²) in [6, 6.07) is 3.59. The van der Waals surface area contributed by atoms with Crippen molar-refractivity contribution in [1.82, 2.24) is 14.8 Å². The minimum atomic E-state index is -0.0224. The van der Waals surface area contributed by atoms with Gasteiger partial charge in [0.15, 0.2) is 0 Å². The van der Waals surface area contributed by atoms with Gasteiger partial charge in [-0.3, -0.25) is 9.69 Å². The molecule has 1 aromatic heterocycles. The number of halogens is 2. The van der Waals surface area contributed by atoms with E-state index in [-0.39, 0.29) is 16.2 Å². The Labute approximate surface area is 129 Å². The van der Waals surface area contributed by atoms with Crippen molar-refractivity contribution in [2.45, 2.75) is 26.3 Å². The zero-order chi connectivity index (χ0) is 14.7. The molecule has 0 saturated carbocycles. The van der Waals surface area contributed by atoms with Crippen molar-refractivity contribution >= 4 is 29.1 Å². The molecule has 1 aromatic rings. The zero-order valence-corrected chi connectivity index (χ0v) is 13.3. The first-order valence-electron chi connectivity index (χ1n) is 6.91. The van der Waals surface area contributed by atoms with Crippen molar-refractivity contribution in [3.63, 3.8) is 0 Å². The van der Waals surface area contributed by atoms with Gasteiger partial charge in [0.1, 0.15) is 10.3 Å². The predicted octanol–water partition coefficient (Wildman–Crippen LogP) is 2.94. The molecule has 0 N–H and O–H groups in total. The number of pyridine rings is 1. The second-order valence-corrected chi connectivity index (χ2v) is 5.69. The van der Waals surface area contributed by atoms with Crippen molar-refractivity contribution in [3.05, 3.63) is 28.0 Å². The third-order valence-corrected chi connectivity index (χ3v) is 4.18. The molecule has 1 atom stereocenters. The fourth-order valence-corrected chi connectivity index (χ4v) is 3.20. The Hall–Kier alpha value is -0.840. The fraction of sp³-hybridized carbons (Fsp3) is 0.571. The standard InChI is InChI=1S/C14H19Cl2N3O/c1-3-18(4-2)11-5-6-19(9-11)14(20)10-7-12(15)17-13(16)8-10/h7-8,11H,3-6,9H2,1-2H3. The van der Waals surface area contributed by atoms with Crippen LogP contribution in [0.4, 0.5) is 0 Å². The molecule has 1 amide bonds. The lowest BCUT2D eigenvalue weighted by atomic mass is 10.2. The number of likely N-dealkylation sites (tertiary alicyclic amines) is 1. The van der Waals surface area contributed by atoms with Gasteiger partial charge in [0.2, 0.25) is 0 Å². The molecule has 0 aliphatic carbocycles. The smallest absolute Gasteiger partial charge is 0.254 e. The van der Waals surface area contributed by atoms with Gasteiger partial charge in [-0.1, -0.05) is 37.0 Å². The van der Waals surface area contributed by atoms with Crippen LogP contribution in [0.2, 0.25) is 10.3 Å². The van der Waals surface area contributed by atoms with Crippen LogP contribution in [0.5, 0.6) is 0 Å². The molecule has 0 bridgehead atoms. The van der Waals surface area contributed by atoms with E-state index in [1.54, 1.807) is 12.1 Å². The largest absolute Gasteiger partial charge is 0.337 e. The van der Waals surface area contributed by atoms with Crippen LogP contribution in [0.25, 0.3) is 0 Å². The maximum absolute atomic E-state index is 12.5. The average Bonchev–Trinajstić information content (AvgIpc) is 2.88. The summed E-state index contributed by atoms with van der Waals surface area (Å²) >= 11 is 11.7. The van der Waals surface area contributed by atoms with Crippen molar-refractivity contribution in [3.8, 4) is 0 Å². The Morgan fingerprint density at radius 2 is 1.95 bits per heavy atom. The molecular formula is C14H19Cl2N3O. The lowest BCUT2D eigenvalue weighted by Gasteiger charge is -2.26. The molecule has 0 radical (unpaired) electrons. The van der Waals surface area contributed by atoms with E-state index >= 15 is 0 Å². The average molecular weight is 316 g/mol. The number of nitrogens with zero attached hydrogens (tertiary/aromatic N) is 3. The summed E-state index contributed by atoms with van der Waals surface area (Å²) in [5.41, 5.74) is 0.509. The van der Waals surface area contributed by atoms with Crippen LogP contribution in [-0.4, -0.2) is 52.9 Å². The van der Waals surface area contributed by atoms with Crippen LogP contribution in [-0.2, 0) is 0 Å². The lowest BCUT2D eigenvalue weighted by Crippen LogP contribution is -2.38. The Morgan fingerprint density at radius 1 is 1.35 bits per heavy atom. The molecule has 1 aliphatic heterocycles. The van der Waals surface area contributed by atoms with E-state index in [0.717, 1.165) is 32.6 Å². The minimum absolute atomic E-state index is 0.0224. The Balaban J connectivity index is 2.07.